The first-order valence-electron chi connectivity index (χ1n) is 19.3. The van der Waals surface area contributed by atoms with Crippen molar-refractivity contribution in [2.75, 3.05) is 0 Å². The topological polar surface area (TPSA) is 0 Å². The zero-order valence-electron chi connectivity index (χ0n) is 33.5. The van der Waals surface area contributed by atoms with E-state index in [-0.39, 0.29) is 72.3 Å². The number of rotatable bonds is 4. The average Bonchev–Trinajstić information content (AvgIpc) is 3.71. The summed E-state index contributed by atoms with van der Waals surface area (Å²) in [6.07, 6.45) is 29.7. The zero-order chi connectivity index (χ0) is 38.0. The van der Waals surface area contributed by atoms with Crippen molar-refractivity contribution >= 4 is 3.21 Å². The van der Waals surface area contributed by atoms with Crippen LogP contribution in [0.3, 0.4) is 0 Å². The summed E-state index contributed by atoms with van der Waals surface area (Å²) in [7, 11) is 0. The van der Waals surface area contributed by atoms with E-state index in [1.165, 1.54) is 24.2 Å². The monoisotopic (exact) mass is 858 g/mol. The average molecular weight is 861 g/mol. The van der Waals surface area contributed by atoms with Crippen LogP contribution < -0.4 is 24.8 Å². The van der Waals surface area contributed by atoms with Gasteiger partial charge in [-0.2, -0.15) is 0 Å². The Labute approximate surface area is 347 Å². The van der Waals surface area contributed by atoms with Gasteiger partial charge in [0.15, 0.2) is 0 Å². The minimum absolute atomic E-state index is 0. The molecule has 0 aromatic heterocycles. The molecule has 2 fully saturated rings. The Morgan fingerprint density at radius 2 is 1.25 bits per heavy atom. The van der Waals surface area contributed by atoms with Gasteiger partial charge in [0, 0.05) is 0 Å². The van der Waals surface area contributed by atoms with Crippen LogP contribution in [0.15, 0.2) is 142 Å². The predicted molar refractivity (Wildman–Crippen MR) is 211 cm³/mol. The van der Waals surface area contributed by atoms with Crippen molar-refractivity contribution in [3.05, 3.63) is 165 Å². The van der Waals surface area contributed by atoms with Crippen molar-refractivity contribution in [1.29, 1.82) is 0 Å². The molecule has 2 saturated carbocycles. The Hall–Kier alpha value is -2.52. The SMILES string of the molecule is CC1=CC=CC2[CH](/[Zr+2]([C]3=CC=CC3)=[C](\c3ccc(C)cc3)c3cccc(C(F)(F)F)c3)C3(C)C4(C)C=CC=CC4(C)C4(C)C=CC=CC4(C)C3(C)C12C.[Cl-].[Cl-]. The molecule has 288 valence electrons. The van der Waals surface area contributed by atoms with Crippen molar-refractivity contribution in [3.63, 3.8) is 0 Å². The van der Waals surface area contributed by atoms with Crippen LogP contribution in [0.2, 0.25) is 3.63 Å². The van der Waals surface area contributed by atoms with Crippen LogP contribution in [0.1, 0.15) is 84.1 Å². The molecule has 0 spiro atoms. The maximum Gasteiger partial charge on any atom is -1.00 e. The fraction of sp³-hybridized carbons (Fsp3) is 0.408. The number of hydrogen-bond acceptors (Lipinski definition) is 0. The maximum absolute atomic E-state index is 14.6. The number of alkyl halides is 3. The third-order valence-electron chi connectivity index (χ3n) is 17.0. The second kappa shape index (κ2) is 13.5. The summed E-state index contributed by atoms with van der Waals surface area (Å²) in [4.78, 5) is 0. The van der Waals surface area contributed by atoms with Gasteiger partial charge in [0.25, 0.3) is 0 Å². The largest absolute Gasteiger partial charge is 1.00 e. The number of benzene rings is 2. The molecule has 0 saturated heterocycles. The van der Waals surface area contributed by atoms with Gasteiger partial charge in [-0.25, -0.2) is 0 Å². The van der Waals surface area contributed by atoms with Crippen molar-refractivity contribution < 1.29 is 59.3 Å². The Balaban J connectivity index is 0.00000257. The second-order valence-electron chi connectivity index (χ2n) is 18.1. The minimum atomic E-state index is -4.44. The molecule has 8 rings (SSSR count). The van der Waals surface area contributed by atoms with Crippen molar-refractivity contribution in [3.8, 4) is 0 Å². The van der Waals surface area contributed by atoms with Gasteiger partial charge < -0.3 is 24.8 Å². The number of hydrogen-bond donors (Lipinski definition) is 0. The zero-order valence-corrected chi connectivity index (χ0v) is 37.4. The fourth-order valence-electron chi connectivity index (χ4n) is 13.4. The Morgan fingerprint density at radius 1 is 0.673 bits per heavy atom. The summed E-state index contributed by atoms with van der Waals surface area (Å²) in [5.41, 5.74) is 1.88. The molecular formula is C49H53Cl2F3Zr. The smallest absolute Gasteiger partial charge is 1.00 e. The van der Waals surface area contributed by atoms with Crippen LogP contribution >= 0.6 is 0 Å². The van der Waals surface area contributed by atoms with Crippen LogP contribution in [-0.2, 0) is 27.4 Å². The molecule has 0 N–H and O–H groups in total. The molecule has 0 aliphatic heterocycles. The van der Waals surface area contributed by atoms with E-state index in [1.54, 1.807) is 6.07 Å². The van der Waals surface area contributed by atoms with E-state index in [4.69, 9.17) is 0 Å². The second-order valence-corrected chi connectivity index (χ2v) is 24.4. The first-order chi connectivity index (χ1) is 24.9. The molecule has 6 aliphatic rings. The molecule has 0 amide bonds. The number of halogens is 5. The normalized spacial score (nSPS) is 39.2. The van der Waals surface area contributed by atoms with Crippen LogP contribution in [0.25, 0.3) is 0 Å². The molecule has 2 aromatic rings. The first-order valence-corrected chi connectivity index (χ1v) is 23.2. The number of aryl methyl sites for hydroxylation is 1. The van der Waals surface area contributed by atoms with E-state index in [9.17, 15) is 13.2 Å². The molecular weight excluding hydrogens is 808 g/mol. The molecule has 9 unspecified atom stereocenters. The van der Waals surface area contributed by atoms with Gasteiger partial charge in [-0.05, 0) is 0 Å². The van der Waals surface area contributed by atoms with E-state index in [2.05, 4.69) is 172 Å². The molecule has 0 heterocycles. The summed E-state index contributed by atoms with van der Waals surface area (Å²) in [5, 5.41) is 0. The van der Waals surface area contributed by atoms with E-state index >= 15 is 0 Å². The summed E-state index contributed by atoms with van der Waals surface area (Å²) in [6, 6.07) is 14.9. The van der Waals surface area contributed by atoms with Crippen LogP contribution in [0, 0.1) is 50.7 Å². The van der Waals surface area contributed by atoms with Crippen LogP contribution in [0.4, 0.5) is 13.2 Å². The minimum Gasteiger partial charge on any atom is -1.00 e. The van der Waals surface area contributed by atoms with Gasteiger partial charge in [0.1, 0.15) is 0 Å². The predicted octanol–water partition coefficient (Wildman–Crippen LogP) is 7.30. The first kappa shape index (κ1) is 42.1. The molecule has 55 heavy (non-hydrogen) atoms. The summed E-state index contributed by atoms with van der Waals surface area (Å²) >= 11 is -3.38. The third kappa shape index (κ3) is 4.96. The van der Waals surface area contributed by atoms with Gasteiger partial charge in [-0.15, -0.1) is 0 Å². The van der Waals surface area contributed by atoms with Gasteiger partial charge >= 0.3 is 325 Å². The van der Waals surface area contributed by atoms with E-state index in [0.717, 1.165) is 23.1 Å². The third-order valence-corrected chi connectivity index (χ3v) is 26.2. The maximum atomic E-state index is 14.6. The molecule has 6 aliphatic carbocycles. The van der Waals surface area contributed by atoms with Crippen molar-refractivity contribution in [1.82, 2.24) is 0 Å². The Kier molecular flexibility index (Phi) is 10.4. The quantitative estimate of drug-likeness (QED) is 0.303. The molecule has 2 aromatic carbocycles. The molecule has 0 radical (unpaired) electrons. The Morgan fingerprint density at radius 3 is 1.84 bits per heavy atom. The summed E-state index contributed by atoms with van der Waals surface area (Å²) < 4.78 is 46.6. The standard InChI is InChI=1S/C29H37.C15H11F3.C5H5.2ClH.Zr/c1-21-14-13-15-22-20-27(6)25(4)18-10-9-16-23(25,2)24(3)17-11-12-19-26(24,5)29(27,8)28(21,22)7;1-11-5-7-12(8-6-11)9-13-3-2-4-14(10-13)15(16,17)18;1-2-4-5-3-1;;;/h9-20,22H,1-8H3;2-8,10H,1H3;1-3H,4H2;2*1H;/q;;;;;+2/p-2. The van der Waals surface area contributed by atoms with E-state index in [1.807, 2.05) is 6.07 Å². The van der Waals surface area contributed by atoms with E-state index < -0.39 is 33.0 Å². The molecule has 0 bridgehead atoms. The summed E-state index contributed by atoms with van der Waals surface area (Å²) in [5.74, 6) is 0.184. The number of allylic oxidation sites excluding steroid dienone is 16. The molecule has 0 nitrogen and oxygen atoms in total. The van der Waals surface area contributed by atoms with Gasteiger partial charge in [0.2, 0.25) is 0 Å². The van der Waals surface area contributed by atoms with Crippen LogP contribution in [-0.4, -0.2) is 3.21 Å². The van der Waals surface area contributed by atoms with Gasteiger partial charge in [0.05, 0.1) is 0 Å². The van der Waals surface area contributed by atoms with Gasteiger partial charge in [-0.3, -0.25) is 0 Å². The van der Waals surface area contributed by atoms with Crippen LogP contribution in [0.5, 0.6) is 0 Å². The number of fused-ring (bicyclic) bond motifs is 8. The molecule has 6 heteroatoms. The Bertz CT molecular complexity index is 2200. The van der Waals surface area contributed by atoms with Crippen molar-refractivity contribution in [2.45, 2.75) is 78.5 Å². The van der Waals surface area contributed by atoms with E-state index in [0.29, 0.717) is 0 Å². The van der Waals surface area contributed by atoms with Gasteiger partial charge in [-0.1, -0.05) is 0 Å². The van der Waals surface area contributed by atoms with Crippen molar-refractivity contribution in [2.24, 2.45) is 43.8 Å². The fourth-order valence-corrected chi connectivity index (χ4v) is 24.6. The molecule has 9 atom stereocenters. The summed E-state index contributed by atoms with van der Waals surface area (Å²) in [6.45, 7) is 22.4.